The highest BCUT2D eigenvalue weighted by Crippen LogP contribution is 2.35. The van der Waals surface area contributed by atoms with Crippen LogP contribution in [0.25, 0.3) is 11.3 Å². The molecule has 0 amide bonds. The van der Waals surface area contributed by atoms with Crippen LogP contribution in [-0.2, 0) is 7.05 Å². The number of nitrogens with two attached hydrogens (primary N) is 1. The van der Waals surface area contributed by atoms with Crippen LogP contribution in [0.4, 0.5) is 5.00 Å². The van der Waals surface area contributed by atoms with Crippen molar-refractivity contribution in [1.82, 2.24) is 9.78 Å². The fourth-order valence-corrected chi connectivity index (χ4v) is 3.56. The van der Waals surface area contributed by atoms with Gasteiger partial charge in [-0.05, 0) is 24.6 Å². The Morgan fingerprint density at radius 2 is 2.05 bits per heavy atom. The van der Waals surface area contributed by atoms with E-state index in [9.17, 15) is 0 Å². The Hall–Kier alpha value is -2.11. The first-order chi connectivity index (χ1) is 10.7. The van der Waals surface area contributed by atoms with Gasteiger partial charge in [0.1, 0.15) is 0 Å². The third-order valence-corrected chi connectivity index (χ3v) is 4.75. The van der Waals surface area contributed by atoms with Gasteiger partial charge in [-0.15, -0.1) is 11.3 Å². The van der Waals surface area contributed by atoms with E-state index in [4.69, 9.17) is 5.73 Å². The molecule has 0 bridgehead atoms. The molecule has 5 heteroatoms. The van der Waals surface area contributed by atoms with E-state index in [0.29, 0.717) is 6.54 Å². The molecule has 2 heterocycles. The summed E-state index contributed by atoms with van der Waals surface area (Å²) in [5, 5.41) is 8.93. The molecule has 4 nitrogen and oxygen atoms in total. The van der Waals surface area contributed by atoms with Crippen LogP contribution in [-0.4, -0.2) is 16.3 Å². The molecule has 0 radical (unpaired) electrons. The number of hydrogen-bond donors (Lipinski definition) is 2. The van der Waals surface area contributed by atoms with Gasteiger partial charge in [-0.2, -0.15) is 5.10 Å². The van der Waals surface area contributed by atoms with E-state index in [0.717, 1.165) is 10.7 Å². The third kappa shape index (κ3) is 2.91. The summed E-state index contributed by atoms with van der Waals surface area (Å²) in [5.74, 6) is 0. The molecule has 0 fully saturated rings. The van der Waals surface area contributed by atoms with Gasteiger partial charge in [-0.25, -0.2) is 0 Å². The average Bonchev–Trinajstić information content (AvgIpc) is 3.11. The Morgan fingerprint density at radius 1 is 1.27 bits per heavy atom. The summed E-state index contributed by atoms with van der Waals surface area (Å²) in [4.78, 5) is 1.27. The fraction of sp³-hybridized carbons (Fsp3) is 0.235. The largest absolute Gasteiger partial charge is 0.369 e. The first kappa shape index (κ1) is 14.8. The van der Waals surface area contributed by atoms with Gasteiger partial charge < -0.3 is 11.1 Å². The average molecular weight is 312 g/mol. The van der Waals surface area contributed by atoms with Crippen molar-refractivity contribution in [2.45, 2.75) is 13.0 Å². The van der Waals surface area contributed by atoms with E-state index in [-0.39, 0.29) is 6.04 Å². The van der Waals surface area contributed by atoms with Crippen molar-refractivity contribution in [2.75, 3.05) is 11.9 Å². The first-order valence-corrected chi connectivity index (χ1v) is 8.11. The predicted molar refractivity (Wildman–Crippen MR) is 93.1 cm³/mol. The lowest BCUT2D eigenvalue weighted by Crippen LogP contribution is -2.19. The second kappa shape index (κ2) is 6.34. The molecule has 0 aliphatic carbocycles. The minimum absolute atomic E-state index is 0.124. The van der Waals surface area contributed by atoms with Crippen LogP contribution in [0.15, 0.2) is 48.7 Å². The molecule has 3 rings (SSSR count). The highest BCUT2D eigenvalue weighted by molar-refractivity contribution is 7.16. The van der Waals surface area contributed by atoms with Gasteiger partial charge in [0.15, 0.2) is 0 Å². The van der Waals surface area contributed by atoms with E-state index in [1.807, 2.05) is 42.2 Å². The normalized spacial score (nSPS) is 12.3. The first-order valence-electron chi connectivity index (χ1n) is 7.29. The maximum absolute atomic E-state index is 5.94. The molecule has 114 valence electrons. The van der Waals surface area contributed by atoms with Crippen LogP contribution in [0.2, 0.25) is 0 Å². The molecule has 1 aromatic carbocycles. The molecule has 0 saturated heterocycles. The zero-order valence-corrected chi connectivity index (χ0v) is 13.6. The van der Waals surface area contributed by atoms with Crippen molar-refractivity contribution in [3.8, 4) is 11.3 Å². The summed E-state index contributed by atoms with van der Waals surface area (Å²) in [5.41, 5.74) is 9.50. The Kier molecular flexibility index (Phi) is 4.27. The summed E-state index contributed by atoms with van der Waals surface area (Å²) in [6.45, 7) is 2.69. The van der Waals surface area contributed by atoms with E-state index in [2.05, 4.69) is 35.5 Å². The lowest BCUT2D eigenvalue weighted by molar-refractivity contribution is 0.775. The summed E-state index contributed by atoms with van der Waals surface area (Å²) < 4.78 is 1.90. The van der Waals surface area contributed by atoms with E-state index >= 15 is 0 Å². The maximum atomic E-state index is 5.94. The second-order valence-electron chi connectivity index (χ2n) is 5.26. The van der Waals surface area contributed by atoms with E-state index < -0.39 is 0 Å². The minimum Gasteiger partial charge on any atom is -0.369 e. The van der Waals surface area contributed by atoms with Crippen LogP contribution in [0.3, 0.4) is 0 Å². The van der Waals surface area contributed by atoms with Crippen LogP contribution in [0.5, 0.6) is 0 Å². The Bertz CT molecular complexity index is 745. The topological polar surface area (TPSA) is 55.9 Å². The number of anilines is 1. The second-order valence-corrected chi connectivity index (χ2v) is 6.52. The van der Waals surface area contributed by atoms with Crippen LogP contribution < -0.4 is 11.1 Å². The monoisotopic (exact) mass is 312 g/mol. The van der Waals surface area contributed by atoms with Crippen LogP contribution >= 0.6 is 11.3 Å². The molecule has 3 N–H and O–H groups in total. The van der Waals surface area contributed by atoms with Crippen molar-refractivity contribution in [1.29, 1.82) is 0 Å². The summed E-state index contributed by atoms with van der Waals surface area (Å²) in [6.07, 6.45) is 1.83. The van der Waals surface area contributed by atoms with Gasteiger partial charge in [0.2, 0.25) is 0 Å². The molecule has 0 aliphatic heterocycles. The molecule has 1 atom stereocenters. The van der Waals surface area contributed by atoms with Gasteiger partial charge in [-0.1, -0.05) is 30.3 Å². The van der Waals surface area contributed by atoms with Crippen molar-refractivity contribution in [3.05, 3.63) is 59.1 Å². The van der Waals surface area contributed by atoms with Crippen LogP contribution in [0, 0.1) is 6.92 Å². The number of nitrogens with zero attached hydrogens (tertiary/aromatic N) is 2. The zero-order chi connectivity index (χ0) is 15.5. The van der Waals surface area contributed by atoms with Gasteiger partial charge >= 0.3 is 0 Å². The molecule has 22 heavy (non-hydrogen) atoms. The molecule has 0 spiro atoms. The van der Waals surface area contributed by atoms with E-state index in [1.165, 1.54) is 16.0 Å². The molecule has 2 aromatic heterocycles. The highest BCUT2D eigenvalue weighted by Gasteiger charge is 2.14. The maximum Gasteiger partial charge on any atom is 0.0897 e. The molecular formula is C17H20N4S. The number of aryl methyl sites for hydroxylation is 2. The van der Waals surface area contributed by atoms with Gasteiger partial charge in [0, 0.05) is 30.2 Å². The van der Waals surface area contributed by atoms with Gasteiger partial charge in [0.05, 0.1) is 16.7 Å². The number of hydrogen-bond acceptors (Lipinski definition) is 4. The number of nitrogens with one attached hydrogen (secondary N) is 1. The van der Waals surface area contributed by atoms with Crippen molar-refractivity contribution in [2.24, 2.45) is 12.8 Å². The fourth-order valence-electron chi connectivity index (χ4n) is 2.58. The lowest BCUT2D eigenvalue weighted by Gasteiger charge is -2.17. The Labute approximate surface area is 134 Å². The number of thiophene rings is 1. The number of benzene rings is 1. The number of rotatable bonds is 5. The Morgan fingerprint density at radius 3 is 2.68 bits per heavy atom. The smallest absolute Gasteiger partial charge is 0.0897 e. The molecule has 0 unspecified atom stereocenters. The SMILES string of the molecule is Cc1sc(N[C@H](CN)c2ccccc2)cc1-c1ccnn1C. The summed E-state index contributed by atoms with van der Waals surface area (Å²) in [7, 11) is 1.96. The Balaban J connectivity index is 1.86. The summed E-state index contributed by atoms with van der Waals surface area (Å²) in [6, 6.07) is 14.7. The molecule has 0 saturated carbocycles. The molecular weight excluding hydrogens is 292 g/mol. The molecule has 3 aromatic rings. The molecule has 0 aliphatic rings. The van der Waals surface area contributed by atoms with Gasteiger partial charge in [-0.3, -0.25) is 4.68 Å². The summed E-state index contributed by atoms with van der Waals surface area (Å²) >= 11 is 1.75. The highest BCUT2D eigenvalue weighted by atomic mass is 32.1. The van der Waals surface area contributed by atoms with Gasteiger partial charge in [0.25, 0.3) is 0 Å². The standard InChI is InChI=1S/C17H20N4S/c1-12-14(16-8-9-19-21(16)2)10-17(22-12)20-15(11-18)13-6-4-3-5-7-13/h3-10,15,20H,11,18H2,1-2H3/t15-/m1/s1. The van der Waals surface area contributed by atoms with Crippen molar-refractivity contribution >= 4 is 16.3 Å². The van der Waals surface area contributed by atoms with Crippen molar-refractivity contribution in [3.63, 3.8) is 0 Å². The zero-order valence-electron chi connectivity index (χ0n) is 12.8. The predicted octanol–water partition coefficient (Wildman–Crippen LogP) is 3.57. The quantitative estimate of drug-likeness (QED) is 0.757. The van der Waals surface area contributed by atoms with Crippen LogP contribution in [0.1, 0.15) is 16.5 Å². The minimum atomic E-state index is 0.124. The van der Waals surface area contributed by atoms with Crippen molar-refractivity contribution < 1.29 is 0 Å². The van der Waals surface area contributed by atoms with E-state index in [1.54, 1.807) is 11.3 Å². The third-order valence-electron chi connectivity index (χ3n) is 3.77. The number of aromatic nitrogens is 2. The lowest BCUT2D eigenvalue weighted by atomic mass is 10.1.